The molecule has 0 saturated heterocycles. The van der Waals surface area contributed by atoms with Crippen molar-refractivity contribution in [3.8, 4) is 0 Å². The molecule has 0 bridgehead atoms. The molecule has 0 spiro atoms. The van der Waals surface area contributed by atoms with Gasteiger partial charge in [0.25, 0.3) is 0 Å². The van der Waals surface area contributed by atoms with Gasteiger partial charge in [-0.3, -0.25) is 5.43 Å². The Bertz CT molecular complexity index is 198. The summed E-state index contributed by atoms with van der Waals surface area (Å²) in [7, 11) is 0. The lowest BCUT2D eigenvalue weighted by atomic mass is 9.94. The highest BCUT2D eigenvalue weighted by Gasteiger charge is 2.23. The quantitative estimate of drug-likeness (QED) is 0.725. The summed E-state index contributed by atoms with van der Waals surface area (Å²) in [4.78, 5) is 0. The molecule has 0 unspecified atom stereocenters. The average Bonchev–Trinajstić information content (AvgIpc) is 2.40. The van der Waals surface area contributed by atoms with Gasteiger partial charge in [0, 0.05) is 18.6 Å². The number of nitrogens with one attached hydrogen (secondary N) is 1. The summed E-state index contributed by atoms with van der Waals surface area (Å²) in [5.41, 5.74) is 3.70. The maximum Gasteiger partial charge on any atom is 0.0572 e. The Morgan fingerprint density at radius 2 is 1.47 bits per heavy atom. The van der Waals surface area contributed by atoms with Gasteiger partial charge in [-0.25, -0.2) is 5.01 Å². The van der Waals surface area contributed by atoms with Crippen molar-refractivity contribution in [1.82, 2.24) is 10.4 Å². The number of aliphatic hydroxyl groups excluding tert-OH is 1. The molecule has 0 amide bonds. The molecular weight excluding hydrogens is 212 g/mol. The fraction of sp³-hybridized carbons (Fsp3) is 1.00. The summed E-state index contributed by atoms with van der Waals surface area (Å²) < 4.78 is 0. The lowest BCUT2D eigenvalue weighted by Crippen LogP contribution is -2.52. The molecule has 3 nitrogen and oxygen atoms in total. The van der Waals surface area contributed by atoms with Crippen molar-refractivity contribution < 1.29 is 5.11 Å². The van der Waals surface area contributed by atoms with Crippen molar-refractivity contribution in [2.75, 3.05) is 13.2 Å². The first kappa shape index (κ1) is 13.3. The molecule has 0 aromatic rings. The van der Waals surface area contributed by atoms with Gasteiger partial charge in [0.05, 0.1) is 6.61 Å². The van der Waals surface area contributed by atoms with E-state index in [1.807, 2.05) is 0 Å². The van der Waals surface area contributed by atoms with E-state index in [0.717, 1.165) is 6.54 Å². The third kappa shape index (κ3) is 4.23. The van der Waals surface area contributed by atoms with Crippen LogP contribution >= 0.6 is 0 Å². The van der Waals surface area contributed by atoms with Gasteiger partial charge in [-0.05, 0) is 25.7 Å². The highest BCUT2D eigenvalue weighted by atomic mass is 16.3. The van der Waals surface area contributed by atoms with Gasteiger partial charge in [0.15, 0.2) is 0 Å². The van der Waals surface area contributed by atoms with E-state index in [9.17, 15) is 5.11 Å². The van der Waals surface area contributed by atoms with Crippen LogP contribution in [0.4, 0.5) is 0 Å². The molecule has 2 fully saturated rings. The number of aliphatic hydroxyl groups is 1. The number of rotatable bonds is 5. The number of hydrogen-bond donors (Lipinski definition) is 2. The molecule has 2 saturated carbocycles. The van der Waals surface area contributed by atoms with Crippen molar-refractivity contribution >= 4 is 0 Å². The highest BCUT2D eigenvalue weighted by Crippen LogP contribution is 2.23. The van der Waals surface area contributed by atoms with Crippen LogP contribution in [0.15, 0.2) is 0 Å². The Morgan fingerprint density at radius 1 is 0.882 bits per heavy atom. The fourth-order valence-corrected chi connectivity index (χ4v) is 3.32. The third-order valence-corrected chi connectivity index (χ3v) is 4.31. The predicted molar refractivity (Wildman–Crippen MR) is 70.7 cm³/mol. The zero-order valence-corrected chi connectivity index (χ0v) is 11.0. The molecule has 2 aliphatic rings. The van der Waals surface area contributed by atoms with E-state index in [-0.39, 0.29) is 6.61 Å². The van der Waals surface area contributed by atoms with E-state index in [2.05, 4.69) is 10.4 Å². The van der Waals surface area contributed by atoms with E-state index in [0.29, 0.717) is 12.1 Å². The molecule has 2 rings (SSSR count). The Hall–Kier alpha value is -0.120. The fourth-order valence-electron chi connectivity index (χ4n) is 3.32. The first-order valence-electron chi connectivity index (χ1n) is 7.54. The predicted octanol–water partition coefficient (Wildman–Crippen LogP) is 2.45. The van der Waals surface area contributed by atoms with Crippen LogP contribution in [0.3, 0.4) is 0 Å². The highest BCUT2D eigenvalue weighted by molar-refractivity contribution is 4.77. The molecule has 3 heteroatoms. The molecule has 0 aromatic heterocycles. The van der Waals surface area contributed by atoms with Gasteiger partial charge in [-0.1, -0.05) is 38.5 Å². The largest absolute Gasteiger partial charge is 0.395 e. The van der Waals surface area contributed by atoms with Crippen molar-refractivity contribution in [3.63, 3.8) is 0 Å². The van der Waals surface area contributed by atoms with Gasteiger partial charge in [0.1, 0.15) is 0 Å². The Kier molecular flexibility index (Phi) is 5.75. The summed E-state index contributed by atoms with van der Waals surface area (Å²) in [5, 5.41) is 11.6. The van der Waals surface area contributed by atoms with E-state index in [1.54, 1.807) is 0 Å². The van der Waals surface area contributed by atoms with Crippen LogP contribution in [0.5, 0.6) is 0 Å². The molecule has 100 valence electrons. The van der Waals surface area contributed by atoms with E-state index < -0.39 is 0 Å². The van der Waals surface area contributed by atoms with Gasteiger partial charge in [0.2, 0.25) is 0 Å². The minimum absolute atomic E-state index is 0.274. The molecule has 0 atom stereocenters. The van der Waals surface area contributed by atoms with Crippen LogP contribution in [0.25, 0.3) is 0 Å². The second kappa shape index (κ2) is 7.34. The van der Waals surface area contributed by atoms with Crippen molar-refractivity contribution in [3.05, 3.63) is 0 Å². The van der Waals surface area contributed by atoms with Crippen molar-refractivity contribution in [1.29, 1.82) is 0 Å². The topological polar surface area (TPSA) is 35.5 Å². The van der Waals surface area contributed by atoms with Gasteiger partial charge in [-0.2, -0.15) is 0 Å². The van der Waals surface area contributed by atoms with E-state index >= 15 is 0 Å². The SMILES string of the molecule is OCCN(NC1CCCCC1)C1CCCCC1. The third-order valence-electron chi connectivity index (χ3n) is 4.31. The van der Waals surface area contributed by atoms with Crippen molar-refractivity contribution in [2.45, 2.75) is 76.3 Å². The van der Waals surface area contributed by atoms with Crippen molar-refractivity contribution in [2.24, 2.45) is 0 Å². The molecule has 0 heterocycles. The first-order valence-corrected chi connectivity index (χ1v) is 7.54. The summed E-state index contributed by atoms with van der Waals surface area (Å²) >= 11 is 0. The molecular formula is C14H28N2O. The average molecular weight is 240 g/mol. The number of nitrogens with zero attached hydrogens (tertiary/aromatic N) is 1. The Morgan fingerprint density at radius 3 is 2.06 bits per heavy atom. The van der Waals surface area contributed by atoms with Crippen LogP contribution < -0.4 is 5.43 Å². The summed E-state index contributed by atoms with van der Waals surface area (Å²) in [6.07, 6.45) is 13.5. The Balaban J connectivity index is 1.81. The lowest BCUT2D eigenvalue weighted by molar-refractivity contribution is 0.0487. The summed E-state index contributed by atoms with van der Waals surface area (Å²) in [5.74, 6) is 0. The van der Waals surface area contributed by atoms with Gasteiger partial charge in [-0.15, -0.1) is 0 Å². The van der Waals surface area contributed by atoms with E-state index in [4.69, 9.17) is 0 Å². The normalized spacial score (nSPS) is 24.4. The lowest BCUT2D eigenvalue weighted by Gasteiger charge is -2.38. The summed E-state index contributed by atoms with van der Waals surface area (Å²) in [6.45, 7) is 1.07. The maximum absolute atomic E-state index is 9.22. The van der Waals surface area contributed by atoms with E-state index in [1.165, 1.54) is 64.2 Å². The minimum atomic E-state index is 0.274. The smallest absolute Gasteiger partial charge is 0.0572 e. The van der Waals surface area contributed by atoms with Gasteiger partial charge >= 0.3 is 0 Å². The molecule has 2 aliphatic carbocycles. The minimum Gasteiger partial charge on any atom is -0.395 e. The number of hydrogen-bond acceptors (Lipinski definition) is 3. The Labute approximate surface area is 106 Å². The second-order valence-electron chi connectivity index (χ2n) is 5.67. The summed E-state index contributed by atoms with van der Waals surface area (Å²) in [6, 6.07) is 1.33. The van der Waals surface area contributed by atoms with Crippen LogP contribution in [-0.4, -0.2) is 35.4 Å². The molecule has 17 heavy (non-hydrogen) atoms. The standard InChI is InChI=1S/C14H28N2O/c17-12-11-16(14-9-5-2-6-10-14)15-13-7-3-1-4-8-13/h13-15,17H,1-12H2. The maximum atomic E-state index is 9.22. The monoisotopic (exact) mass is 240 g/mol. The zero-order chi connectivity index (χ0) is 11.9. The van der Waals surface area contributed by atoms with Gasteiger partial charge < -0.3 is 5.11 Å². The van der Waals surface area contributed by atoms with Crippen LogP contribution in [-0.2, 0) is 0 Å². The van der Waals surface area contributed by atoms with Crippen LogP contribution in [0.1, 0.15) is 64.2 Å². The molecule has 0 aromatic carbocycles. The molecule has 2 N–H and O–H groups in total. The first-order chi connectivity index (χ1) is 8.40. The molecule has 0 radical (unpaired) electrons. The number of hydrazine groups is 1. The van der Waals surface area contributed by atoms with Crippen LogP contribution in [0, 0.1) is 0 Å². The second-order valence-corrected chi connectivity index (χ2v) is 5.67. The molecule has 0 aliphatic heterocycles. The van der Waals surface area contributed by atoms with Crippen LogP contribution in [0.2, 0.25) is 0 Å². The zero-order valence-electron chi connectivity index (χ0n) is 11.0.